The molecular weight excluding hydrogens is 312 g/mol. The van der Waals surface area contributed by atoms with Gasteiger partial charge in [-0.2, -0.15) is 0 Å². The standard InChI is InChI=1S/C21H22N2O2/c1-23-13-17(12-20(23)24)21(25)22-19-10-9-15-7-8-16(11-18(15)19)14-5-3-2-4-6-14/h2-8,11,17,19H,9-10,12-13H2,1H3,(H,22,25). The van der Waals surface area contributed by atoms with Crippen LogP contribution in [0.1, 0.15) is 30.0 Å². The minimum absolute atomic E-state index is 0.000615. The molecule has 2 unspecified atom stereocenters. The Morgan fingerprint density at radius 2 is 1.92 bits per heavy atom. The van der Waals surface area contributed by atoms with E-state index >= 15 is 0 Å². The van der Waals surface area contributed by atoms with Crippen molar-refractivity contribution in [2.24, 2.45) is 5.92 Å². The van der Waals surface area contributed by atoms with Crippen LogP contribution in [0.25, 0.3) is 11.1 Å². The molecule has 0 aromatic heterocycles. The number of nitrogens with zero attached hydrogens (tertiary/aromatic N) is 1. The quantitative estimate of drug-likeness (QED) is 0.938. The second kappa shape index (κ2) is 6.36. The van der Waals surface area contributed by atoms with Crippen LogP contribution >= 0.6 is 0 Å². The molecule has 4 nitrogen and oxygen atoms in total. The molecule has 1 aliphatic heterocycles. The molecule has 0 saturated carbocycles. The summed E-state index contributed by atoms with van der Waals surface area (Å²) in [6.07, 6.45) is 2.24. The number of hydrogen-bond donors (Lipinski definition) is 1. The normalized spacial score (nSPS) is 22.1. The molecule has 0 spiro atoms. The summed E-state index contributed by atoms with van der Waals surface area (Å²) in [7, 11) is 1.76. The van der Waals surface area contributed by atoms with Crippen molar-refractivity contribution in [3.63, 3.8) is 0 Å². The fourth-order valence-corrected chi connectivity index (χ4v) is 3.89. The Morgan fingerprint density at radius 3 is 2.64 bits per heavy atom. The van der Waals surface area contributed by atoms with E-state index in [2.05, 4.69) is 35.6 Å². The zero-order chi connectivity index (χ0) is 17.4. The van der Waals surface area contributed by atoms with E-state index in [9.17, 15) is 9.59 Å². The highest BCUT2D eigenvalue weighted by atomic mass is 16.2. The molecule has 1 heterocycles. The van der Waals surface area contributed by atoms with E-state index < -0.39 is 0 Å². The maximum atomic E-state index is 12.6. The van der Waals surface area contributed by atoms with Gasteiger partial charge in [-0.15, -0.1) is 0 Å². The van der Waals surface area contributed by atoms with E-state index in [1.54, 1.807) is 11.9 Å². The topological polar surface area (TPSA) is 49.4 Å². The van der Waals surface area contributed by atoms with Gasteiger partial charge in [0, 0.05) is 20.0 Å². The van der Waals surface area contributed by atoms with Crippen molar-refractivity contribution in [3.05, 3.63) is 59.7 Å². The van der Waals surface area contributed by atoms with Gasteiger partial charge in [-0.05, 0) is 41.2 Å². The van der Waals surface area contributed by atoms with Crippen molar-refractivity contribution in [3.8, 4) is 11.1 Å². The molecular formula is C21H22N2O2. The Labute approximate surface area is 147 Å². The molecule has 1 aliphatic carbocycles. The van der Waals surface area contributed by atoms with Gasteiger partial charge >= 0.3 is 0 Å². The predicted molar refractivity (Wildman–Crippen MR) is 96.8 cm³/mol. The summed E-state index contributed by atoms with van der Waals surface area (Å²) in [6, 6.07) is 16.9. The Morgan fingerprint density at radius 1 is 1.12 bits per heavy atom. The highest BCUT2D eigenvalue weighted by molar-refractivity contribution is 5.89. The van der Waals surface area contributed by atoms with Gasteiger partial charge in [0.2, 0.25) is 11.8 Å². The van der Waals surface area contributed by atoms with E-state index in [4.69, 9.17) is 0 Å². The van der Waals surface area contributed by atoms with E-state index in [1.807, 2.05) is 18.2 Å². The number of amides is 2. The fraction of sp³-hybridized carbons (Fsp3) is 0.333. The molecule has 4 rings (SSSR count). The lowest BCUT2D eigenvalue weighted by molar-refractivity contribution is -0.128. The Kier molecular flexibility index (Phi) is 4.04. The largest absolute Gasteiger partial charge is 0.349 e. The Hall–Kier alpha value is -2.62. The first-order valence-corrected chi connectivity index (χ1v) is 8.84. The number of carbonyl (C=O) groups excluding carboxylic acids is 2. The molecule has 1 N–H and O–H groups in total. The van der Waals surface area contributed by atoms with Gasteiger partial charge in [0.15, 0.2) is 0 Å². The number of nitrogens with one attached hydrogen (secondary N) is 1. The molecule has 128 valence electrons. The first-order valence-electron chi connectivity index (χ1n) is 8.84. The van der Waals surface area contributed by atoms with Crippen LogP contribution in [0.3, 0.4) is 0 Å². The number of rotatable bonds is 3. The molecule has 1 fully saturated rings. The second-order valence-electron chi connectivity index (χ2n) is 7.05. The van der Waals surface area contributed by atoms with Gasteiger partial charge in [0.1, 0.15) is 0 Å². The lowest BCUT2D eigenvalue weighted by Gasteiger charge is -2.18. The van der Waals surface area contributed by atoms with E-state index in [1.165, 1.54) is 22.3 Å². The third kappa shape index (κ3) is 3.04. The van der Waals surface area contributed by atoms with E-state index in [0.29, 0.717) is 13.0 Å². The van der Waals surface area contributed by atoms with Gasteiger partial charge in [-0.1, -0.05) is 42.5 Å². The van der Waals surface area contributed by atoms with Crippen LogP contribution < -0.4 is 5.32 Å². The highest BCUT2D eigenvalue weighted by Gasteiger charge is 2.34. The number of hydrogen-bond acceptors (Lipinski definition) is 2. The average Bonchev–Trinajstić information content (AvgIpc) is 3.19. The number of carbonyl (C=O) groups is 2. The van der Waals surface area contributed by atoms with Crippen LogP contribution in [-0.2, 0) is 16.0 Å². The molecule has 4 heteroatoms. The van der Waals surface area contributed by atoms with Crippen LogP contribution in [0, 0.1) is 5.92 Å². The van der Waals surface area contributed by atoms with Gasteiger partial charge in [0.25, 0.3) is 0 Å². The summed E-state index contributed by atoms with van der Waals surface area (Å²) in [5, 5.41) is 3.18. The molecule has 1 saturated heterocycles. The molecule has 2 aromatic carbocycles. The molecule has 2 aromatic rings. The van der Waals surface area contributed by atoms with Crippen molar-refractivity contribution in [1.82, 2.24) is 10.2 Å². The minimum atomic E-state index is -0.223. The molecule has 25 heavy (non-hydrogen) atoms. The number of aryl methyl sites for hydroxylation is 1. The SMILES string of the molecule is CN1CC(C(=O)NC2CCc3ccc(-c4ccccc4)cc32)CC1=O. The maximum Gasteiger partial charge on any atom is 0.225 e. The highest BCUT2D eigenvalue weighted by Crippen LogP contribution is 2.35. The zero-order valence-corrected chi connectivity index (χ0v) is 14.4. The first-order chi connectivity index (χ1) is 12.1. The Balaban J connectivity index is 1.53. The van der Waals surface area contributed by atoms with Crippen LogP contribution in [0.4, 0.5) is 0 Å². The van der Waals surface area contributed by atoms with Crippen molar-refractivity contribution < 1.29 is 9.59 Å². The summed E-state index contributed by atoms with van der Waals surface area (Å²) >= 11 is 0. The summed E-state index contributed by atoms with van der Waals surface area (Å²) in [5.74, 6) is -0.169. The number of benzene rings is 2. The molecule has 2 atom stereocenters. The minimum Gasteiger partial charge on any atom is -0.349 e. The lowest BCUT2D eigenvalue weighted by Crippen LogP contribution is -2.34. The monoisotopic (exact) mass is 334 g/mol. The zero-order valence-electron chi connectivity index (χ0n) is 14.4. The first kappa shape index (κ1) is 15.9. The van der Waals surface area contributed by atoms with Crippen LogP contribution in [0.2, 0.25) is 0 Å². The molecule has 2 amide bonds. The summed E-state index contributed by atoms with van der Waals surface area (Å²) in [5.41, 5.74) is 4.89. The van der Waals surface area contributed by atoms with Gasteiger partial charge < -0.3 is 10.2 Å². The third-order valence-corrected chi connectivity index (χ3v) is 5.36. The van der Waals surface area contributed by atoms with Crippen molar-refractivity contribution in [1.29, 1.82) is 0 Å². The average molecular weight is 334 g/mol. The molecule has 0 bridgehead atoms. The molecule has 2 aliphatic rings. The Bertz CT molecular complexity index is 816. The van der Waals surface area contributed by atoms with Crippen molar-refractivity contribution >= 4 is 11.8 Å². The van der Waals surface area contributed by atoms with E-state index in [0.717, 1.165) is 12.8 Å². The predicted octanol–water partition coefficient (Wildman–Crippen LogP) is 2.94. The third-order valence-electron chi connectivity index (χ3n) is 5.36. The summed E-state index contributed by atoms with van der Waals surface area (Å²) in [6.45, 7) is 0.522. The van der Waals surface area contributed by atoms with Crippen LogP contribution in [0.5, 0.6) is 0 Å². The maximum absolute atomic E-state index is 12.6. The van der Waals surface area contributed by atoms with Crippen molar-refractivity contribution in [2.75, 3.05) is 13.6 Å². The number of likely N-dealkylation sites (tertiary alicyclic amines) is 1. The summed E-state index contributed by atoms with van der Waals surface area (Å²) < 4.78 is 0. The van der Waals surface area contributed by atoms with Gasteiger partial charge in [-0.3, -0.25) is 9.59 Å². The fourth-order valence-electron chi connectivity index (χ4n) is 3.89. The number of fused-ring (bicyclic) bond motifs is 1. The van der Waals surface area contributed by atoms with Gasteiger partial charge in [0.05, 0.1) is 12.0 Å². The summed E-state index contributed by atoms with van der Waals surface area (Å²) in [4.78, 5) is 25.9. The molecule has 0 radical (unpaired) electrons. The van der Waals surface area contributed by atoms with Crippen LogP contribution in [-0.4, -0.2) is 30.3 Å². The van der Waals surface area contributed by atoms with Gasteiger partial charge in [-0.25, -0.2) is 0 Å². The lowest BCUT2D eigenvalue weighted by atomic mass is 9.99. The smallest absolute Gasteiger partial charge is 0.225 e. The van der Waals surface area contributed by atoms with E-state index in [-0.39, 0.29) is 23.8 Å². The van der Waals surface area contributed by atoms with Crippen LogP contribution in [0.15, 0.2) is 48.5 Å². The van der Waals surface area contributed by atoms with Crippen molar-refractivity contribution in [2.45, 2.75) is 25.3 Å². The second-order valence-corrected chi connectivity index (χ2v) is 7.05.